The minimum Gasteiger partial charge on any atom is -0.300 e. The van der Waals surface area contributed by atoms with Gasteiger partial charge in [-0.05, 0) is 32.4 Å². The smallest absolute Gasteiger partial charge is 0.135 e. The highest BCUT2D eigenvalue weighted by Gasteiger charge is 2.04. The average molecular weight is 228 g/mol. The molecule has 1 aromatic heterocycles. The fourth-order valence-corrected chi connectivity index (χ4v) is 1.99. The van der Waals surface area contributed by atoms with Gasteiger partial charge in [0.2, 0.25) is 0 Å². The zero-order valence-corrected chi connectivity index (χ0v) is 10.4. The van der Waals surface area contributed by atoms with E-state index in [1.165, 1.54) is 10.9 Å². The van der Waals surface area contributed by atoms with Crippen LogP contribution in [0.5, 0.6) is 0 Å². The van der Waals surface area contributed by atoms with Crippen LogP contribution in [0.2, 0.25) is 0 Å². The Hall–Kier alpha value is -1.90. The van der Waals surface area contributed by atoms with Gasteiger partial charge in [0, 0.05) is 23.7 Å². The molecular formula is C14H16N2O. The lowest BCUT2D eigenvalue weighted by Gasteiger charge is -2.00. The first-order valence-electron chi connectivity index (χ1n) is 5.68. The Morgan fingerprint density at radius 2 is 2.00 bits per heavy atom. The van der Waals surface area contributed by atoms with Gasteiger partial charge in [-0.3, -0.25) is 4.79 Å². The zero-order valence-electron chi connectivity index (χ0n) is 10.4. The molecule has 88 valence electrons. The van der Waals surface area contributed by atoms with Gasteiger partial charge in [0.1, 0.15) is 5.78 Å². The number of fused-ring (bicyclic) bond motifs is 1. The van der Waals surface area contributed by atoms with E-state index in [-0.39, 0.29) is 5.78 Å². The Labute approximate surface area is 101 Å². The monoisotopic (exact) mass is 228 g/mol. The van der Waals surface area contributed by atoms with E-state index in [0.717, 1.165) is 11.2 Å². The lowest BCUT2D eigenvalue weighted by molar-refractivity contribution is -0.115. The predicted molar refractivity (Wildman–Crippen MR) is 70.5 cm³/mol. The summed E-state index contributed by atoms with van der Waals surface area (Å²) < 4.78 is 1.85. The highest BCUT2D eigenvalue weighted by Crippen LogP contribution is 2.20. The molecule has 0 saturated carbocycles. The number of rotatable bonds is 3. The second-order valence-electron chi connectivity index (χ2n) is 4.39. The van der Waals surface area contributed by atoms with E-state index in [1.54, 1.807) is 6.92 Å². The maximum absolute atomic E-state index is 11.0. The van der Waals surface area contributed by atoms with E-state index >= 15 is 0 Å². The molecular weight excluding hydrogens is 212 g/mol. The van der Waals surface area contributed by atoms with Crippen molar-refractivity contribution in [2.75, 3.05) is 0 Å². The standard InChI is InChI=1S/C14H16N2O/c1-10-9-16(15-11(2)8-12(3)17)14-7-5-4-6-13(10)14/h4-7,9H,8H2,1-3H3/b15-11-. The van der Waals surface area contributed by atoms with Crippen LogP contribution < -0.4 is 0 Å². The van der Waals surface area contributed by atoms with Gasteiger partial charge in [0.15, 0.2) is 0 Å². The van der Waals surface area contributed by atoms with E-state index in [2.05, 4.69) is 18.1 Å². The number of aryl methyl sites for hydroxylation is 1. The van der Waals surface area contributed by atoms with Crippen molar-refractivity contribution >= 4 is 22.4 Å². The second kappa shape index (κ2) is 4.53. The average Bonchev–Trinajstić information content (AvgIpc) is 2.55. The summed E-state index contributed by atoms with van der Waals surface area (Å²) in [5, 5.41) is 5.66. The Bertz CT molecular complexity index is 593. The number of hydrogen-bond donors (Lipinski definition) is 0. The first-order chi connectivity index (χ1) is 8.08. The number of ketones is 1. The topological polar surface area (TPSA) is 34.4 Å². The fourth-order valence-electron chi connectivity index (χ4n) is 1.99. The third kappa shape index (κ3) is 2.44. The largest absolute Gasteiger partial charge is 0.300 e. The van der Waals surface area contributed by atoms with Crippen LogP contribution >= 0.6 is 0 Å². The summed E-state index contributed by atoms with van der Waals surface area (Å²) >= 11 is 0. The molecule has 17 heavy (non-hydrogen) atoms. The summed E-state index contributed by atoms with van der Waals surface area (Å²) in [6, 6.07) is 8.13. The summed E-state index contributed by atoms with van der Waals surface area (Å²) in [5.74, 6) is 0.138. The van der Waals surface area contributed by atoms with E-state index < -0.39 is 0 Å². The molecule has 0 bridgehead atoms. The SMILES string of the molecule is CC(=O)C/C(C)=N\n1cc(C)c2ccccc21. The lowest BCUT2D eigenvalue weighted by atomic mass is 10.2. The zero-order chi connectivity index (χ0) is 12.4. The fraction of sp³-hybridized carbons (Fsp3) is 0.286. The number of carbonyl (C=O) groups excluding carboxylic acids is 1. The highest BCUT2D eigenvalue weighted by atomic mass is 16.1. The molecule has 0 spiro atoms. The van der Waals surface area contributed by atoms with Gasteiger partial charge in [-0.25, -0.2) is 4.68 Å². The molecule has 0 saturated heterocycles. The van der Waals surface area contributed by atoms with Crippen LogP contribution in [0.4, 0.5) is 0 Å². The molecule has 0 atom stereocenters. The molecule has 1 aromatic carbocycles. The number of aromatic nitrogens is 1. The van der Waals surface area contributed by atoms with E-state index in [4.69, 9.17) is 0 Å². The Balaban J connectivity index is 2.46. The molecule has 0 unspecified atom stereocenters. The van der Waals surface area contributed by atoms with Crippen LogP contribution in [0.1, 0.15) is 25.8 Å². The molecule has 2 aromatic rings. The summed E-state index contributed by atoms with van der Waals surface area (Å²) in [6.07, 6.45) is 2.40. The third-order valence-electron chi connectivity index (χ3n) is 2.67. The summed E-state index contributed by atoms with van der Waals surface area (Å²) in [5.41, 5.74) is 3.10. The van der Waals surface area contributed by atoms with Crippen LogP contribution in [0.3, 0.4) is 0 Å². The minimum atomic E-state index is 0.138. The van der Waals surface area contributed by atoms with Crippen LogP contribution in [0.15, 0.2) is 35.6 Å². The molecule has 0 fully saturated rings. The molecule has 0 amide bonds. The Kier molecular flexibility index (Phi) is 3.09. The van der Waals surface area contributed by atoms with E-state index in [1.807, 2.05) is 36.0 Å². The molecule has 0 aliphatic carbocycles. The van der Waals surface area contributed by atoms with Crippen molar-refractivity contribution in [1.29, 1.82) is 0 Å². The van der Waals surface area contributed by atoms with E-state index in [9.17, 15) is 4.79 Å². The summed E-state index contributed by atoms with van der Waals surface area (Å²) in [4.78, 5) is 11.0. The lowest BCUT2D eigenvalue weighted by Crippen LogP contribution is -2.02. The van der Waals surface area contributed by atoms with E-state index in [0.29, 0.717) is 6.42 Å². The first-order valence-corrected chi connectivity index (χ1v) is 5.68. The molecule has 0 N–H and O–H groups in total. The number of Topliss-reactive ketones (excluding diaryl/α,β-unsaturated/α-hetero) is 1. The van der Waals surface area contributed by atoms with Crippen LogP contribution in [0, 0.1) is 6.92 Å². The molecule has 0 aliphatic heterocycles. The summed E-state index contributed by atoms with van der Waals surface area (Å²) in [7, 11) is 0. The van der Waals surface area contributed by atoms with Crippen LogP contribution in [0.25, 0.3) is 10.9 Å². The van der Waals surface area contributed by atoms with Crippen LogP contribution in [-0.2, 0) is 4.79 Å². The van der Waals surface area contributed by atoms with Gasteiger partial charge in [0.25, 0.3) is 0 Å². The van der Waals surface area contributed by atoms with Gasteiger partial charge in [-0.2, -0.15) is 5.10 Å². The van der Waals surface area contributed by atoms with Gasteiger partial charge >= 0.3 is 0 Å². The van der Waals surface area contributed by atoms with Crippen molar-refractivity contribution in [2.24, 2.45) is 5.10 Å². The maximum atomic E-state index is 11.0. The van der Waals surface area contributed by atoms with Gasteiger partial charge in [0.05, 0.1) is 5.52 Å². The van der Waals surface area contributed by atoms with Gasteiger partial charge in [-0.1, -0.05) is 18.2 Å². The van der Waals surface area contributed by atoms with Crippen molar-refractivity contribution in [3.05, 3.63) is 36.0 Å². The van der Waals surface area contributed by atoms with Crippen molar-refractivity contribution in [2.45, 2.75) is 27.2 Å². The molecule has 0 aliphatic rings. The van der Waals surface area contributed by atoms with Crippen molar-refractivity contribution in [3.63, 3.8) is 0 Å². The molecule has 2 rings (SSSR count). The van der Waals surface area contributed by atoms with Gasteiger partial charge in [-0.15, -0.1) is 0 Å². The van der Waals surface area contributed by atoms with Crippen molar-refractivity contribution < 1.29 is 4.79 Å². The Morgan fingerprint density at radius 1 is 1.29 bits per heavy atom. The summed E-state index contributed by atoms with van der Waals surface area (Å²) in [6.45, 7) is 5.53. The first kappa shape index (κ1) is 11.6. The maximum Gasteiger partial charge on any atom is 0.135 e. The molecule has 3 nitrogen and oxygen atoms in total. The number of carbonyl (C=O) groups is 1. The number of nitrogens with zero attached hydrogens (tertiary/aromatic N) is 2. The number of benzene rings is 1. The molecule has 1 heterocycles. The van der Waals surface area contributed by atoms with Gasteiger partial charge < -0.3 is 0 Å². The van der Waals surface area contributed by atoms with Crippen molar-refractivity contribution in [1.82, 2.24) is 4.68 Å². The molecule has 3 heteroatoms. The third-order valence-corrected chi connectivity index (χ3v) is 2.67. The quantitative estimate of drug-likeness (QED) is 0.743. The number of para-hydroxylation sites is 1. The normalized spacial score (nSPS) is 12.1. The molecule has 0 radical (unpaired) electrons. The predicted octanol–water partition coefficient (Wildman–Crippen LogP) is 3.15. The van der Waals surface area contributed by atoms with Crippen LogP contribution in [-0.4, -0.2) is 16.2 Å². The second-order valence-corrected chi connectivity index (χ2v) is 4.39. The highest BCUT2D eigenvalue weighted by molar-refractivity contribution is 6.00. The minimum absolute atomic E-state index is 0.138. The van der Waals surface area contributed by atoms with Crippen molar-refractivity contribution in [3.8, 4) is 0 Å². The Morgan fingerprint density at radius 3 is 2.71 bits per heavy atom. The number of hydrogen-bond acceptors (Lipinski definition) is 2.